The first-order valence-corrected chi connectivity index (χ1v) is 10.4. The normalized spacial score (nSPS) is 11.2. The monoisotopic (exact) mass is 432 g/mol. The van der Waals surface area contributed by atoms with Crippen LogP contribution in [0, 0.1) is 0 Å². The Bertz CT molecular complexity index is 1500. The van der Waals surface area contributed by atoms with Gasteiger partial charge in [0.1, 0.15) is 5.75 Å². The Hall–Kier alpha value is -4.58. The minimum Gasteiger partial charge on any atom is -0.496 e. The highest BCUT2D eigenvalue weighted by Crippen LogP contribution is 2.27. The molecule has 0 bridgehead atoms. The van der Waals surface area contributed by atoms with Crippen LogP contribution >= 0.6 is 0 Å². The second-order valence-electron chi connectivity index (χ2n) is 7.41. The highest BCUT2D eigenvalue weighted by molar-refractivity contribution is 6.08. The molecule has 3 aromatic carbocycles. The molecule has 1 amide bonds. The third-order valence-electron chi connectivity index (χ3n) is 5.45. The SMILES string of the molecule is COc1ccc2ccccc2c1/C=N/NC(=O)c1cc(-c2ccncc2)nc2ccccc12. The number of amides is 1. The molecule has 0 unspecified atom stereocenters. The second kappa shape index (κ2) is 8.88. The van der Waals surface area contributed by atoms with Crippen molar-refractivity contribution in [2.24, 2.45) is 5.10 Å². The maximum absolute atomic E-state index is 13.2. The van der Waals surface area contributed by atoms with Gasteiger partial charge in [0.2, 0.25) is 0 Å². The molecule has 5 rings (SSSR count). The number of nitrogens with one attached hydrogen (secondary N) is 1. The summed E-state index contributed by atoms with van der Waals surface area (Å²) in [5, 5.41) is 7.06. The maximum atomic E-state index is 13.2. The molecule has 0 fully saturated rings. The van der Waals surface area contributed by atoms with E-state index in [1.54, 1.807) is 31.8 Å². The number of fused-ring (bicyclic) bond motifs is 2. The summed E-state index contributed by atoms with van der Waals surface area (Å²) in [6.45, 7) is 0. The van der Waals surface area contributed by atoms with Crippen LogP contribution in [0.15, 0.2) is 96.4 Å². The van der Waals surface area contributed by atoms with E-state index in [-0.39, 0.29) is 5.91 Å². The molecule has 0 saturated heterocycles. The number of hydrogen-bond donors (Lipinski definition) is 1. The van der Waals surface area contributed by atoms with E-state index < -0.39 is 0 Å². The zero-order chi connectivity index (χ0) is 22.6. The van der Waals surface area contributed by atoms with Crippen molar-refractivity contribution in [3.8, 4) is 17.0 Å². The average molecular weight is 432 g/mol. The predicted octanol–water partition coefficient (Wildman–Crippen LogP) is 5.22. The van der Waals surface area contributed by atoms with Crippen LogP contribution in [0.1, 0.15) is 15.9 Å². The lowest BCUT2D eigenvalue weighted by Gasteiger charge is -2.10. The standard InChI is InChI=1S/C27H20N4O2/c1-33-26-11-10-18-6-2-3-7-20(18)23(26)17-29-31-27(32)22-16-25(19-12-14-28-15-13-19)30-24-9-5-4-8-21(22)24/h2-17H,1H3,(H,31,32)/b29-17+. The van der Waals surface area contributed by atoms with Crippen molar-refractivity contribution in [3.05, 3.63) is 102 Å². The molecule has 0 aliphatic carbocycles. The van der Waals surface area contributed by atoms with Gasteiger partial charge in [0.05, 0.1) is 30.1 Å². The minimum atomic E-state index is -0.320. The van der Waals surface area contributed by atoms with E-state index in [9.17, 15) is 4.79 Å². The zero-order valence-corrected chi connectivity index (χ0v) is 17.9. The fourth-order valence-electron chi connectivity index (χ4n) is 3.84. The highest BCUT2D eigenvalue weighted by Gasteiger charge is 2.14. The molecule has 1 N–H and O–H groups in total. The van der Waals surface area contributed by atoms with Crippen molar-refractivity contribution >= 4 is 33.8 Å². The number of nitrogens with zero attached hydrogens (tertiary/aromatic N) is 3. The molecule has 0 aliphatic rings. The number of methoxy groups -OCH3 is 1. The summed E-state index contributed by atoms with van der Waals surface area (Å²) in [4.78, 5) is 21.9. The first-order chi connectivity index (χ1) is 16.2. The van der Waals surface area contributed by atoms with Crippen molar-refractivity contribution < 1.29 is 9.53 Å². The number of carbonyl (C=O) groups is 1. The molecule has 2 aromatic heterocycles. The third-order valence-corrected chi connectivity index (χ3v) is 5.45. The van der Waals surface area contributed by atoms with E-state index in [4.69, 9.17) is 9.72 Å². The van der Waals surface area contributed by atoms with Gasteiger partial charge in [-0.05, 0) is 41.1 Å². The van der Waals surface area contributed by atoms with Gasteiger partial charge in [0.25, 0.3) is 5.91 Å². The summed E-state index contributed by atoms with van der Waals surface area (Å²) < 4.78 is 5.50. The Kier molecular flexibility index (Phi) is 5.47. The first-order valence-electron chi connectivity index (χ1n) is 10.4. The van der Waals surface area contributed by atoms with E-state index in [2.05, 4.69) is 15.5 Å². The molecule has 33 heavy (non-hydrogen) atoms. The number of hydrogen-bond acceptors (Lipinski definition) is 5. The fourth-order valence-corrected chi connectivity index (χ4v) is 3.84. The third kappa shape index (κ3) is 4.02. The Morgan fingerprint density at radius 3 is 2.52 bits per heavy atom. The number of hydrazone groups is 1. The summed E-state index contributed by atoms with van der Waals surface area (Å²) in [6, 6.07) is 24.9. The molecule has 0 saturated carbocycles. The smallest absolute Gasteiger partial charge is 0.272 e. The van der Waals surface area contributed by atoms with Crippen molar-refractivity contribution in [2.45, 2.75) is 0 Å². The lowest BCUT2D eigenvalue weighted by Crippen LogP contribution is -2.18. The minimum absolute atomic E-state index is 0.320. The molecule has 0 aliphatic heterocycles. The number of carbonyl (C=O) groups excluding carboxylic acids is 1. The summed E-state index contributed by atoms with van der Waals surface area (Å²) in [7, 11) is 1.61. The van der Waals surface area contributed by atoms with Crippen molar-refractivity contribution in [1.29, 1.82) is 0 Å². The van der Waals surface area contributed by atoms with E-state index in [0.717, 1.165) is 32.8 Å². The van der Waals surface area contributed by atoms with Gasteiger partial charge in [-0.25, -0.2) is 10.4 Å². The Labute approximate surface area is 190 Å². The molecule has 0 atom stereocenters. The fraction of sp³-hybridized carbons (Fsp3) is 0.0370. The molecule has 6 nitrogen and oxygen atoms in total. The van der Waals surface area contributed by atoms with Gasteiger partial charge in [-0.1, -0.05) is 48.5 Å². The van der Waals surface area contributed by atoms with Crippen LogP contribution in [-0.2, 0) is 0 Å². The van der Waals surface area contributed by atoms with Crippen LogP contribution in [0.2, 0.25) is 0 Å². The molecule has 5 aromatic rings. The topological polar surface area (TPSA) is 76.5 Å². The molecule has 0 spiro atoms. The van der Waals surface area contributed by atoms with E-state index >= 15 is 0 Å². The molecule has 0 radical (unpaired) electrons. The highest BCUT2D eigenvalue weighted by atomic mass is 16.5. The van der Waals surface area contributed by atoms with Crippen LogP contribution in [0.4, 0.5) is 0 Å². The zero-order valence-electron chi connectivity index (χ0n) is 17.9. The van der Waals surface area contributed by atoms with Gasteiger partial charge < -0.3 is 4.74 Å². The van der Waals surface area contributed by atoms with Gasteiger partial charge in [-0.3, -0.25) is 9.78 Å². The molecule has 2 heterocycles. The lowest BCUT2D eigenvalue weighted by atomic mass is 10.0. The van der Waals surface area contributed by atoms with Crippen LogP contribution in [-0.4, -0.2) is 29.2 Å². The van der Waals surface area contributed by atoms with Gasteiger partial charge in [-0.2, -0.15) is 5.10 Å². The van der Waals surface area contributed by atoms with Crippen molar-refractivity contribution in [3.63, 3.8) is 0 Å². The maximum Gasteiger partial charge on any atom is 0.272 e. The number of benzene rings is 3. The Balaban J connectivity index is 1.51. The second-order valence-corrected chi connectivity index (χ2v) is 7.41. The van der Waals surface area contributed by atoms with Crippen molar-refractivity contribution in [2.75, 3.05) is 7.11 Å². The van der Waals surface area contributed by atoms with Crippen LogP contribution in [0.3, 0.4) is 0 Å². The number of para-hydroxylation sites is 1. The molecule has 6 heteroatoms. The van der Waals surface area contributed by atoms with Gasteiger partial charge in [-0.15, -0.1) is 0 Å². The van der Waals surface area contributed by atoms with Gasteiger partial charge in [0.15, 0.2) is 0 Å². The molecule has 160 valence electrons. The van der Waals surface area contributed by atoms with Gasteiger partial charge in [0, 0.05) is 28.9 Å². The first kappa shape index (κ1) is 20.3. The van der Waals surface area contributed by atoms with E-state index in [0.29, 0.717) is 17.0 Å². The number of rotatable bonds is 5. The summed E-state index contributed by atoms with van der Waals surface area (Å²) in [5.74, 6) is 0.361. The molecular weight excluding hydrogens is 412 g/mol. The van der Waals surface area contributed by atoms with Crippen LogP contribution in [0.25, 0.3) is 32.9 Å². The van der Waals surface area contributed by atoms with Crippen LogP contribution < -0.4 is 10.2 Å². The van der Waals surface area contributed by atoms with Crippen molar-refractivity contribution in [1.82, 2.24) is 15.4 Å². The van der Waals surface area contributed by atoms with Crippen LogP contribution in [0.5, 0.6) is 5.75 Å². The molecular formula is C27H20N4O2. The Morgan fingerprint density at radius 1 is 0.939 bits per heavy atom. The van der Waals surface area contributed by atoms with Gasteiger partial charge >= 0.3 is 0 Å². The Morgan fingerprint density at radius 2 is 1.70 bits per heavy atom. The van der Waals surface area contributed by atoms with E-state index in [1.807, 2.05) is 72.8 Å². The quantitative estimate of drug-likeness (QED) is 0.305. The number of ether oxygens (including phenoxy) is 1. The summed E-state index contributed by atoms with van der Waals surface area (Å²) in [5.41, 5.74) is 6.27. The largest absolute Gasteiger partial charge is 0.496 e. The predicted molar refractivity (Wildman–Crippen MR) is 131 cm³/mol. The summed E-state index contributed by atoms with van der Waals surface area (Å²) >= 11 is 0. The number of pyridine rings is 2. The summed E-state index contributed by atoms with van der Waals surface area (Å²) in [6.07, 6.45) is 5.02. The number of aromatic nitrogens is 2. The average Bonchev–Trinajstić information content (AvgIpc) is 2.88. The lowest BCUT2D eigenvalue weighted by molar-refractivity contribution is 0.0956. The van der Waals surface area contributed by atoms with E-state index in [1.165, 1.54) is 0 Å².